The van der Waals surface area contributed by atoms with Crippen molar-refractivity contribution in [2.75, 3.05) is 6.54 Å². The van der Waals surface area contributed by atoms with E-state index in [-0.39, 0.29) is 17.9 Å². The maximum atomic E-state index is 12.5. The van der Waals surface area contributed by atoms with Gasteiger partial charge in [0.25, 0.3) is 5.56 Å². The number of fused-ring (bicyclic) bond motifs is 2. The van der Waals surface area contributed by atoms with E-state index >= 15 is 0 Å². The van der Waals surface area contributed by atoms with Crippen LogP contribution in [0, 0.1) is 13.8 Å². The highest BCUT2D eigenvalue weighted by Crippen LogP contribution is 2.19. The number of para-hydroxylation sites is 1. The van der Waals surface area contributed by atoms with Crippen LogP contribution in [-0.2, 0) is 24.7 Å². The number of pyridine rings is 1. The molecule has 7 heteroatoms. The fourth-order valence-corrected chi connectivity index (χ4v) is 3.70. The maximum absolute atomic E-state index is 12.5. The number of nitrogens with zero attached hydrogens (tertiary/aromatic N) is 2. The normalized spacial score (nSPS) is 11.4. The Labute approximate surface area is 161 Å². The first kappa shape index (κ1) is 18.0. The van der Waals surface area contributed by atoms with Crippen molar-refractivity contribution in [2.24, 2.45) is 7.05 Å². The van der Waals surface area contributed by atoms with E-state index in [1.165, 1.54) is 10.1 Å². The monoisotopic (exact) mass is 377 g/mol. The van der Waals surface area contributed by atoms with E-state index in [0.29, 0.717) is 17.6 Å². The Morgan fingerprint density at radius 1 is 1.25 bits per heavy atom. The molecule has 4 aromatic rings. The topological polar surface area (TPSA) is 95.6 Å². The fourth-order valence-electron chi connectivity index (χ4n) is 3.70. The zero-order valence-electron chi connectivity index (χ0n) is 16.2. The maximum Gasteiger partial charge on any atom is 0.276 e. The van der Waals surface area contributed by atoms with Crippen molar-refractivity contribution in [1.82, 2.24) is 25.1 Å². The lowest BCUT2D eigenvalue weighted by Gasteiger charge is -2.10. The van der Waals surface area contributed by atoms with Gasteiger partial charge in [-0.2, -0.15) is 0 Å². The Bertz CT molecular complexity index is 1210. The molecule has 144 valence electrons. The summed E-state index contributed by atoms with van der Waals surface area (Å²) < 4.78 is 1.41. The van der Waals surface area contributed by atoms with Crippen LogP contribution in [0.1, 0.15) is 22.5 Å². The van der Waals surface area contributed by atoms with Crippen LogP contribution in [0.25, 0.3) is 21.9 Å². The van der Waals surface area contributed by atoms with Gasteiger partial charge in [0, 0.05) is 36.9 Å². The predicted octanol–water partition coefficient (Wildman–Crippen LogP) is 2.26. The van der Waals surface area contributed by atoms with E-state index in [9.17, 15) is 9.59 Å². The average Bonchev–Trinajstić information content (AvgIpc) is 3.19. The van der Waals surface area contributed by atoms with Crippen molar-refractivity contribution in [3.63, 3.8) is 0 Å². The third-order valence-electron chi connectivity index (χ3n) is 5.21. The Balaban J connectivity index is 1.45. The van der Waals surface area contributed by atoms with Gasteiger partial charge in [-0.15, -0.1) is 0 Å². The van der Waals surface area contributed by atoms with Crippen molar-refractivity contribution >= 4 is 27.8 Å². The van der Waals surface area contributed by atoms with E-state index < -0.39 is 0 Å². The Morgan fingerprint density at radius 3 is 2.82 bits per heavy atom. The van der Waals surface area contributed by atoms with Crippen LogP contribution >= 0.6 is 0 Å². The molecule has 3 N–H and O–H groups in total. The lowest BCUT2D eigenvalue weighted by molar-refractivity contribution is -0.120. The molecule has 1 amide bonds. The van der Waals surface area contributed by atoms with Crippen LogP contribution in [0.2, 0.25) is 0 Å². The quantitative estimate of drug-likeness (QED) is 0.498. The summed E-state index contributed by atoms with van der Waals surface area (Å²) in [5.74, 6) is -0.0733. The summed E-state index contributed by atoms with van der Waals surface area (Å²) in [5, 5.41) is 7.63. The second-order valence-electron chi connectivity index (χ2n) is 7.16. The van der Waals surface area contributed by atoms with E-state index in [2.05, 4.69) is 32.5 Å². The number of H-pyrrole nitrogens is 2. The van der Waals surface area contributed by atoms with Gasteiger partial charge in [0.2, 0.25) is 5.91 Å². The molecule has 7 nitrogen and oxygen atoms in total. The van der Waals surface area contributed by atoms with Crippen LogP contribution in [0.5, 0.6) is 0 Å². The summed E-state index contributed by atoms with van der Waals surface area (Å²) in [6.45, 7) is 4.29. The third-order valence-corrected chi connectivity index (χ3v) is 5.21. The zero-order chi connectivity index (χ0) is 19.8. The smallest absolute Gasteiger partial charge is 0.276 e. The highest BCUT2D eigenvalue weighted by atomic mass is 16.1. The number of hydrogen-bond donors (Lipinski definition) is 3. The third kappa shape index (κ3) is 3.19. The Kier molecular flexibility index (Phi) is 4.50. The van der Waals surface area contributed by atoms with Gasteiger partial charge in [0.05, 0.1) is 11.8 Å². The van der Waals surface area contributed by atoms with Crippen molar-refractivity contribution in [1.29, 1.82) is 0 Å². The molecule has 0 bridgehead atoms. The van der Waals surface area contributed by atoms with Crippen molar-refractivity contribution in [3.05, 3.63) is 63.2 Å². The van der Waals surface area contributed by atoms with Crippen LogP contribution < -0.4 is 10.9 Å². The molecule has 1 aromatic carbocycles. The van der Waals surface area contributed by atoms with Gasteiger partial charge in [0.1, 0.15) is 0 Å². The Morgan fingerprint density at radius 2 is 2.04 bits per heavy atom. The summed E-state index contributed by atoms with van der Waals surface area (Å²) in [6, 6.07) is 10.2. The van der Waals surface area contributed by atoms with Gasteiger partial charge in [-0.3, -0.25) is 19.4 Å². The number of hydrogen-bond acceptors (Lipinski definition) is 3. The molecule has 0 aliphatic rings. The summed E-state index contributed by atoms with van der Waals surface area (Å²) in [4.78, 5) is 32.6. The molecule has 0 saturated heterocycles. The van der Waals surface area contributed by atoms with E-state index in [4.69, 9.17) is 0 Å². The lowest BCUT2D eigenvalue weighted by Crippen LogP contribution is -2.28. The standard InChI is InChI=1S/C21H23N5O2/c1-12-16(13(2)23-20-19(12)21(28)26(3)25-20)11-18(27)22-9-8-15-10-14-6-4-5-7-17(14)24-15/h4-7,10,24H,8-9,11H2,1-3H3,(H,22,27)(H,23,25). The highest BCUT2D eigenvalue weighted by molar-refractivity contribution is 5.84. The van der Waals surface area contributed by atoms with Crippen molar-refractivity contribution < 1.29 is 4.79 Å². The van der Waals surface area contributed by atoms with Gasteiger partial charge in [-0.25, -0.2) is 4.98 Å². The zero-order valence-corrected chi connectivity index (χ0v) is 16.2. The minimum absolute atomic E-state index is 0.0733. The summed E-state index contributed by atoms with van der Waals surface area (Å²) in [5.41, 5.74) is 5.02. The molecular weight excluding hydrogens is 354 g/mol. The SMILES string of the molecule is Cc1nc2[nH]n(C)c(=O)c2c(C)c1CC(=O)NCCc1cc2ccccc2[nH]1. The molecule has 3 aromatic heterocycles. The predicted molar refractivity (Wildman–Crippen MR) is 110 cm³/mol. The number of rotatable bonds is 5. The van der Waals surface area contributed by atoms with Gasteiger partial charge >= 0.3 is 0 Å². The largest absolute Gasteiger partial charge is 0.358 e. The summed E-state index contributed by atoms with van der Waals surface area (Å²) in [7, 11) is 1.66. The fraction of sp³-hybridized carbons (Fsp3) is 0.286. The number of carbonyl (C=O) groups excluding carboxylic acids is 1. The van der Waals surface area contributed by atoms with Gasteiger partial charge in [-0.05, 0) is 42.5 Å². The number of aromatic amines is 2. The number of benzene rings is 1. The molecule has 0 spiro atoms. The van der Waals surface area contributed by atoms with Crippen LogP contribution in [0.4, 0.5) is 0 Å². The molecule has 0 atom stereocenters. The lowest BCUT2D eigenvalue weighted by atomic mass is 10.0. The molecule has 0 unspecified atom stereocenters. The number of aryl methyl sites for hydroxylation is 3. The Hall–Kier alpha value is -3.35. The number of amides is 1. The van der Waals surface area contributed by atoms with Crippen molar-refractivity contribution in [2.45, 2.75) is 26.7 Å². The molecule has 0 fully saturated rings. The molecule has 4 rings (SSSR count). The molecule has 0 aliphatic heterocycles. The molecular formula is C21H23N5O2. The molecule has 0 saturated carbocycles. The number of carbonyl (C=O) groups is 1. The van der Waals surface area contributed by atoms with E-state index in [1.807, 2.05) is 32.0 Å². The van der Waals surface area contributed by atoms with Gasteiger partial charge < -0.3 is 10.3 Å². The molecule has 0 aliphatic carbocycles. The van der Waals surface area contributed by atoms with E-state index in [1.54, 1.807) is 7.05 Å². The van der Waals surface area contributed by atoms with Gasteiger partial charge in [-0.1, -0.05) is 18.2 Å². The molecule has 0 radical (unpaired) electrons. The van der Waals surface area contributed by atoms with Crippen LogP contribution in [-0.4, -0.2) is 32.2 Å². The van der Waals surface area contributed by atoms with E-state index in [0.717, 1.165) is 34.5 Å². The van der Waals surface area contributed by atoms with Crippen LogP contribution in [0.3, 0.4) is 0 Å². The van der Waals surface area contributed by atoms with Crippen LogP contribution in [0.15, 0.2) is 35.1 Å². The van der Waals surface area contributed by atoms with Crippen molar-refractivity contribution in [3.8, 4) is 0 Å². The average molecular weight is 377 g/mol. The minimum atomic E-state index is -0.125. The first-order chi connectivity index (χ1) is 13.4. The molecule has 3 heterocycles. The number of aromatic nitrogens is 4. The first-order valence-corrected chi connectivity index (χ1v) is 9.32. The van der Waals surface area contributed by atoms with Gasteiger partial charge in [0.15, 0.2) is 5.65 Å². The second kappa shape index (κ2) is 6.99. The highest BCUT2D eigenvalue weighted by Gasteiger charge is 2.17. The summed E-state index contributed by atoms with van der Waals surface area (Å²) >= 11 is 0. The minimum Gasteiger partial charge on any atom is -0.358 e. The second-order valence-corrected chi connectivity index (χ2v) is 7.16. The number of nitrogens with one attached hydrogen (secondary N) is 3. The summed E-state index contributed by atoms with van der Waals surface area (Å²) in [6.07, 6.45) is 0.940. The first-order valence-electron chi connectivity index (χ1n) is 9.32. The molecule has 28 heavy (non-hydrogen) atoms.